The van der Waals surface area contributed by atoms with Crippen LogP contribution in [0.4, 0.5) is 4.79 Å². The average Bonchev–Trinajstić information content (AvgIpc) is 2.25. The maximum absolute atomic E-state index is 11.7. The van der Waals surface area contributed by atoms with E-state index in [0.29, 0.717) is 12.8 Å². The lowest BCUT2D eigenvalue weighted by molar-refractivity contribution is 0.0111. The Labute approximate surface area is 96.0 Å². The van der Waals surface area contributed by atoms with Crippen molar-refractivity contribution in [2.75, 3.05) is 13.1 Å². The summed E-state index contributed by atoms with van der Waals surface area (Å²) >= 11 is 0. The van der Waals surface area contributed by atoms with E-state index in [1.54, 1.807) is 20.8 Å². The zero-order valence-electron chi connectivity index (χ0n) is 10.1. The molecule has 94 valence electrons. The lowest BCUT2D eigenvalue weighted by atomic mass is 10.1. The predicted octanol–water partition coefficient (Wildman–Crippen LogP) is 0.739. The molecule has 1 saturated heterocycles. The monoisotopic (exact) mass is 231 g/mol. The Balaban J connectivity index is 2.59. The first-order chi connectivity index (χ1) is 7.28. The Kier molecular flexibility index (Phi) is 4.15. The topological polar surface area (TPSA) is 70.0 Å². The Hall–Kier alpha value is -0.810. The number of hydrogen-bond acceptors (Lipinski definition) is 4. The van der Waals surface area contributed by atoms with E-state index in [1.807, 2.05) is 0 Å². The summed E-state index contributed by atoms with van der Waals surface area (Å²) in [6.07, 6.45) is -0.608. The summed E-state index contributed by atoms with van der Waals surface area (Å²) < 4.78 is 5.19. The Bertz CT molecular complexity index is 237. The minimum atomic E-state index is -0.579. The summed E-state index contributed by atoms with van der Waals surface area (Å²) in [6.45, 7) is 5.82. The van der Waals surface area contributed by atoms with Gasteiger partial charge in [-0.1, -0.05) is 0 Å². The van der Waals surface area contributed by atoms with Gasteiger partial charge < -0.3 is 19.8 Å². The SMILES string of the molecule is CC(C)(C)OC(=O)N1CC(O)CCC(O)C1. The van der Waals surface area contributed by atoms with Crippen LogP contribution in [-0.2, 0) is 4.74 Å². The smallest absolute Gasteiger partial charge is 0.410 e. The van der Waals surface area contributed by atoms with Gasteiger partial charge in [0.1, 0.15) is 5.60 Å². The normalized spacial score (nSPS) is 27.4. The molecule has 0 aromatic heterocycles. The number of β-amino-alcohol motifs (C(OH)–C–C–N with tert-alkyl or cyclic N) is 2. The Morgan fingerprint density at radius 1 is 1.19 bits per heavy atom. The van der Waals surface area contributed by atoms with Crippen LogP contribution in [0.5, 0.6) is 0 Å². The van der Waals surface area contributed by atoms with Crippen molar-refractivity contribution in [1.82, 2.24) is 4.90 Å². The highest BCUT2D eigenvalue weighted by Crippen LogP contribution is 2.15. The van der Waals surface area contributed by atoms with Crippen LogP contribution >= 0.6 is 0 Å². The molecule has 1 aliphatic rings. The quantitative estimate of drug-likeness (QED) is 0.645. The predicted molar refractivity (Wildman–Crippen MR) is 59.1 cm³/mol. The van der Waals surface area contributed by atoms with Gasteiger partial charge in [0, 0.05) is 0 Å². The van der Waals surface area contributed by atoms with E-state index >= 15 is 0 Å². The number of rotatable bonds is 0. The number of hydrogen-bond donors (Lipinski definition) is 2. The molecule has 0 spiro atoms. The molecule has 0 radical (unpaired) electrons. The standard InChI is InChI=1S/C11H21NO4/c1-11(2,3)16-10(15)12-6-8(13)4-5-9(14)7-12/h8-9,13-14H,4-7H2,1-3H3. The lowest BCUT2D eigenvalue weighted by Gasteiger charge is -2.27. The largest absolute Gasteiger partial charge is 0.444 e. The second-order valence-electron chi connectivity index (χ2n) is 5.27. The second kappa shape index (κ2) is 5.01. The molecule has 2 unspecified atom stereocenters. The number of aliphatic hydroxyl groups is 2. The first-order valence-electron chi connectivity index (χ1n) is 5.62. The van der Waals surface area contributed by atoms with Gasteiger partial charge in [0.2, 0.25) is 0 Å². The lowest BCUT2D eigenvalue weighted by Crippen LogP contribution is -2.42. The van der Waals surface area contributed by atoms with Crippen molar-refractivity contribution in [2.45, 2.75) is 51.4 Å². The molecule has 2 atom stereocenters. The zero-order valence-corrected chi connectivity index (χ0v) is 10.1. The minimum absolute atomic E-state index is 0.228. The summed E-state index contributed by atoms with van der Waals surface area (Å²) in [6, 6.07) is 0. The second-order valence-corrected chi connectivity index (χ2v) is 5.27. The molecule has 5 heteroatoms. The first-order valence-corrected chi connectivity index (χ1v) is 5.62. The Morgan fingerprint density at radius 2 is 1.62 bits per heavy atom. The highest BCUT2D eigenvalue weighted by Gasteiger charge is 2.28. The molecule has 0 aliphatic carbocycles. The maximum atomic E-state index is 11.7. The van der Waals surface area contributed by atoms with Gasteiger partial charge in [-0.2, -0.15) is 0 Å². The molecule has 1 amide bonds. The highest BCUT2D eigenvalue weighted by molar-refractivity contribution is 5.68. The van der Waals surface area contributed by atoms with Crippen LogP contribution in [0.2, 0.25) is 0 Å². The number of nitrogens with zero attached hydrogens (tertiary/aromatic N) is 1. The van der Waals surface area contributed by atoms with Gasteiger partial charge in [0.05, 0.1) is 25.3 Å². The van der Waals surface area contributed by atoms with Gasteiger partial charge in [-0.25, -0.2) is 4.79 Å². The van der Waals surface area contributed by atoms with Crippen molar-refractivity contribution in [1.29, 1.82) is 0 Å². The third kappa shape index (κ3) is 4.37. The van der Waals surface area contributed by atoms with Crippen molar-refractivity contribution in [3.8, 4) is 0 Å². The molecule has 2 N–H and O–H groups in total. The van der Waals surface area contributed by atoms with E-state index < -0.39 is 23.9 Å². The van der Waals surface area contributed by atoms with E-state index in [2.05, 4.69) is 0 Å². The van der Waals surface area contributed by atoms with E-state index in [9.17, 15) is 15.0 Å². The fraction of sp³-hybridized carbons (Fsp3) is 0.909. The van der Waals surface area contributed by atoms with Crippen LogP contribution in [0.15, 0.2) is 0 Å². The van der Waals surface area contributed by atoms with Crippen LogP contribution in [0, 0.1) is 0 Å². The van der Waals surface area contributed by atoms with E-state index in [1.165, 1.54) is 4.90 Å². The summed E-state index contributed by atoms with van der Waals surface area (Å²) in [4.78, 5) is 13.1. The van der Waals surface area contributed by atoms with Crippen molar-refractivity contribution in [3.63, 3.8) is 0 Å². The average molecular weight is 231 g/mol. The number of ether oxygens (including phenoxy) is 1. The molecule has 0 saturated carbocycles. The van der Waals surface area contributed by atoms with Crippen LogP contribution in [0.3, 0.4) is 0 Å². The molecule has 1 aliphatic heterocycles. The number of carbonyl (C=O) groups is 1. The zero-order chi connectivity index (χ0) is 12.3. The molecular formula is C11H21NO4. The molecule has 16 heavy (non-hydrogen) atoms. The molecule has 5 nitrogen and oxygen atoms in total. The van der Waals surface area contributed by atoms with Crippen molar-refractivity contribution in [2.24, 2.45) is 0 Å². The molecule has 0 aromatic rings. The Morgan fingerprint density at radius 3 is 2.00 bits per heavy atom. The minimum Gasteiger partial charge on any atom is -0.444 e. The molecule has 1 heterocycles. The van der Waals surface area contributed by atoms with Crippen molar-refractivity contribution >= 4 is 6.09 Å². The van der Waals surface area contributed by atoms with Crippen LogP contribution in [0.1, 0.15) is 33.6 Å². The fourth-order valence-electron chi connectivity index (χ4n) is 1.63. The van der Waals surface area contributed by atoms with Gasteiger partial charge in [0.15, 0.2) is 0 Å². The van der Waals surface area contributed by atoms with E-state index in [0.717, 1.165) is 0 Å². The number of likely N-dealkylation sites (tertiary alicyclic amines) is 1. The van der Waals surface area contributed by atoms with E-state index in [-0.39, 0.29) is 13.1 Å². The summed E-state index contributed by atoms with van der Waals surface area (Å²) in [5.41, 5.74) is -0.556. The third-order valence-electron chi connectivity index (χ3n) is 2.35. The van der Waals surface area contributed by atoms with E-state index in [4.69, 9.17) is 4.74 Å². The summed E-state index contributed by atoms with van der Waals surface area (Å²) in [5.74, 6) is 0. The van der Waals surface area contributed by atoms with Crippen LogP contribution in [-0.4, -0.2) is 52.1 Å². The van der Waals surface area contributed by atoms with Crippen molar-refractivity contribution < 1.29 is 19.7 Å². The van der Waals surface area contributed by atoms with Crippen LogP contribution < -0.4 is 0 Å². The number of amides is 1. The molecule has 1 rings (SSSR count). The first kappa shape index (κ1) is 13.3. The summed E-state index contributed by atoms with van der Waals surface area (Å²) in [7, 11) is 0. The van der Waals surface area contributed by atoms with Crippen molar-refractivity contribution in [3.05, 3.63) is 0 Å². The molecule has 0 aromatic carbocycles. The fourth-order valence-corrected chi connectivity index (χ4v) is 1.63. The number of aliphatic hydroxyl groups excluding tert-OH is 2. The molecular weight excluding hydrogens is 210 g/mol. The van der Waals surface area contributed by atoms with Gasteiger partial charge in [0.25, 0.3) is 0 Å². The van der Waals surface area contributed by atoms with Crippen LogP contribution in [0.25, 0.3) is 0 Å². The number of carbonyl (C=O) groups excluding carboxylic acids is 1. The maximum Gasteiger partial charge on any atom is 0.410 e. The highest BCUT2D eigenvalue weighted by atomic mass is 16.6. The third-order valence-corrected chi connectivity index (χ3v) is 2.35. The van der Waals surface area contributed by atoms with Gasteiger partial charge in [-0.15, -0.1) is 0 Å². The van der Waals surface area contributed by atoms with Gasteiger partial charge >= 0.3 is 6.09 Å². The molecule has 1 fully saturated rings. The molecule has 0 bridgehead atoms. The van der Waals surface area contributed by atoms with Gasteiger partial charge in [-0.05, 0) is 33.6 Å². The van der Waals surface area contributed by atoms with Gasteiger partial charge in [-0.3, -0.25) is 0 Å². The summed E-state index contributed by atoms with van der Waals surface area (Å²) in [5, 5.41) is 19.1.